The Morgan fingerprint density at radius 1 is 1.11 bits per heavy atom. The van der Waals surface area contributed by atoms with E-state index >= 15 is 0 Å². The molecule has 4 heteroatoms. The maximum Gasteiger partial charge on any atom is 0.0774 e. The number of rotatable bonds is 3. The molecule has 4 nitrogen and oxygen atoms in total. The van der Waals surface area contributed by atoms with Gasteiger partial charge in [-0.25, -0.2) is 0 Å². The largest absolute Gasteiger partial charge is 0.379 e. The molecular formula is C14H14N4. The van der Waals surface area contributed by atoms with Crippen molar-refractivity contribution >= 4 is 16.5 Å². The molecule has 0 radical (unpaired) electrons. The van der Waals surface area contributed by atoms with Crippen molar-refractivity contribution < 1.29 is 0 Å². The Morgan fingerprint density at radius 2 is 1.94 bits per heavy atom. The molecule has 3 aromatic rings. The van der Waals surface area contributed by atoms with E-state index in [1.165, 1.54) is 10.8 Å². The van der Waals surface area contributed by atoms with Crippen LogP contribution < -0.4 is 5.32 Å². The summed E-state index contributed by atoms with van der Waals surface area (Å²) in [6.45, 7) is 0.724. The molecule has 0 atom stereocenters. The molecule has 0 aliphatic heterocycles. The van der Waals surface area contributed by atoms with E-state index in [2.05, 4.69) is 58.1 Å². The molecule has 1 N–H and O–H groups in total. The molecule has 0 aliphatic rings. The zero-order valence-corrected chi connectivity index (χ0v) is 10.2. The first-order valence-corrected chi connectivity index (χ1v) is 5.89. The van der Waals surface area contributed by atoms with Crippen LogP contribution in [-0.4, -0.2) is 15.0 Å². The van der Waals surface area contributed by atoms with E-state index < -0.39 is 0 Å². The number of aryl methyl sites for hydroxylation is 1. The van der Waals surface area contributed by atoms with Gasteiger partial charge >= 0.3 is 0 Å². The first-order chi connectivity index (χ1) is 8.83. The van der Waals surface area contributed by atoms with Gasteiger partial charge in [-0.1, -0.05) is 35.5 Å². The van der Waals surface area contributed by atoms with Crippen molar-refractivity contribution in [2.24, 2.45) is 7.05 Å². The molecule has 0 unspecified atom stereocenters. The molecule has 2 aromatic carbocycles. The molecule has 1 heterocycles. The van der Waals surface area contributed by atoms with E-state index in [9.17, 15) is 0 Å². The van der Waals surface area contributed by atoms with E-state index in [1.54, 1.807) is 10.9 Å². The van der Waals surface area contributed by atoms with Gasteiger partial charge in [0.1, 0.15) is 0 Å². The van der Waals surface area contributed by atoms with Crippen molar-refractivity contribution in [2.75, 3.05) is 5.32 Å². The summed E-state index contributed by atoms with van der Waals surface area (Å²) < 4.78 is 1.77. The number of hydrogen-bond acceptors (Lipinski definition) is 3. The van der Waals surface area contributed by atoms with Crippen LogP contribution in [0.15, 0.2) is 48.7 Å². The van der Waals surface area contributed by atoms with Gasteiger partial charge in [-0.15, -0.1) is 5.10 Å². The highest BCUT2D eigenvalue weighted by atomic mass is 15.4. The predicted molar refractivity (Wildman–Crippen MR) is 72.3 cm³/mol. The number of hydrogen-bond donors (Lipinski definition) is 1. The lowest BCUT2D eigenvalue weighted by atomic mass is 10.1. The van der Waals surface area contributed by atoms with Gasteiger partial charge in [0.15, 0.2) is 0 Å². The lowest BCUT2D eigenvalue weighted by Gasteiger charge is -2.07. The Balaban J connectivity index is 1.81. The van der Waals surface area contributed by atoms with E-state index in [1.807, 2.05) is 7.05 Å². The van der Waals surface area contributed by atoms with E-state index in [-0.39, 0.29) is 0 Å². The smallest absolute Gasteiger partial charge is 0.0774 e. The lowest BCUT2D eigenvalue weighted by molar-refractivity contribution is 0.683. The fourth-order valence-electron chi connectivity index (χ4n) is 1.96. The zero-order chi connectivity index (χ0) is 12.4. The van der Waals surface area contributed by atoms with Crippen LogP contribution >= 0.6 is 0 Å². The summed E-state index contributed by atoms with van der Waals surface area (Å²) >= 11 is 0. The van der Waals surface area contributed by atoms with E-state index in [0.29, 0.717) is 0 Å². The van der Waals surface area contributed by atoms with Crippen LogP contribution in [-0.2, 0) is 13.6 Å². The number of nitrogens with zero attached hydrogens (tertiary/aromatic N) is 3. The topological polar surface area (TPSA) is 42.7 Å². The van der Waals surface area contributed by atoms with Crippen LogP contribution in [0.3, 0.4) is 0 Å². The number of anilines is 1. The van der Waals surface area contributed by atoms with Crippen molar-refractivity contribution in [1.82, 2.24) is 15.0 Å². The summed E-state index contributed by atoms with van der Waals surface area (Å²) in [5.41, 5.74) is 2.16. The summed E-state index contributed by atoms with van der Waals surface area (Å²) in [5, 5.41) is 13.6. The molecular weight excluding hydrogens is 224 g/mol. The van der Waals surface area contributed by atoms with Gasteiger partial charge in [0, 0.05) is 12.7 Å². The highest BCUT2D eigenvalue weighted by molar-refractivity contribution is 5.85. The first-order valence-electron chi connectivity index (χ1n) is 5.89. The second-order valence-corrected chi connectivity index (χ2v) is 4.26. The molecule has 18 heavy (non-hydrogen) atoms. The van der Waals surface area contributed by atoms with Crippen LogP contribution in [0.4, 0.5) is 5.69 Å². The third-order valence-corrected chi connectivity index (χ3v) is 3.03. The quantitative estimate of drug-likeness (QED) is 0.762. The van der Waals surface area contributed by atoms with Crippen LogP contribution in [0.25, 0.3) is 10.8 Å². The molecule has 0 amide bonds. The van der Waals surface area contributed by atoms with Crippen molar-refractivity contribution in [3.63, 3.8) is 0 Å². The minimum absolute atomic E-state index is 0.724. The Bertz CT molecular complexity index is 672. The summed E-state index contributed by atoms with van der Waals surface area (Å²) in [6.07, 6.45) is 1.77. The third-order valence-electron chi connectivity index (χ3n) is 3.03. The normalized spacial score (nSPS) is 10.7. The van der Waals surface area contributed by atoms with Crippen molar-refractivity contribution in [3.8, 4) is 0 Å². The standard InChI is InChI=1S/C14H14N4/c1-18-14(10-16-17-18)9-15-13-7-6-11-4-2-3-5-12(11)8-13/h2-8,10,15H,9H2,1H3. The van der Waals surface area contributed by atoms with Gasteiger partial charge < -0.3 is 5.32 Å². The number of nitrogens with one attached hydrogen (secondary N) is 1. The third kappa shape index (κ3) is 2.05. The predicted octanol–water partition coefficient (Wildman–Crippen LogP) is 2.58. The maximum absolute atomic E-state index is 3.91. The molecule has 0 spiro atoms. The van der Waals surface area contributed by atoms with Crippen molar-refractivity contribution in [1.29, 1.82) is 0 Å². The molecule has 90 valence electrons. The summed E-state index contributed by atoms with van der Waals surface area (Å²) in [7, 11) is 1.89. The Kier molecular flexibility index (Phi) is 2.68. The van der Waals surface area contributed by atoms with Gasteiger partial charge in [-0.3, -0.25) is 4.68 Å². The second kappa shape index (κ2) is 4.49. The van der Waals surface area contributed by atoms with Gasteiger partial charge in [0.2, 0.25) is 0 Å². The zero-order valence-electron chi connectivity index (χ0n) is 10.2. The first kappa shape index (κ1) is 10.8. The van der Waals surface area contributed by atoms with E-state index in [4.69, 9.17) is 0 Å². The van der Waals surface area contributed by atoms with Crippen LogP contribution in [0.2, 0.25) is 0 Å². The highest BCUT2D eigenvalue weighted by Gasteiger charge is 2.00. The Hall–Kier alpha value is -2.36. The Labute approximate surface area is 105 Å². The van der Waals surface area contributed by atoms with Crippen LogP contribution in [0.5, 0.6) is 0 Å². The Morgan fingerprint density at radius 3 is 2.72 bits per heavy atom. The average molecular weight is 238 g/mol. The summed E-state index contributed by atoms with van der Waals surface area (Å²) in [6, 6.07) is 14.7. The number of aromatic nitrogens is 3. The lowest BCUT2D eigenvalue weighted by Crippen LogP contribution is -2.05. The monoisotopic (exact) mass is 238 g/mol. The van der Waals surface area contributed by atoms with Crippen LogP contribution in [0, 0.1) is 0 Å². The molecule has 0 saturated carbocycles. The summed E-state index contributed by atoms with van der Waals surface area (Å²) in [4.78, 5) is 0. The number of fused-ring (bicyclic) bond motifs is 1. The van der Waals surface area contributed by atoms with Crippen LogP contribution in [0.1, 0.15) is 5.69 Å². The second-order valence-electron chi connectivity index (χ2n) is 4.26. The molecule has 0 aliphatic carbocycles. The molecule has 0 saturated heterocycles. The minimum atomic E-state index is 0.724. The molecule has 3 rings (SSSR count). The molecule has 0 fully saturated rings. The summed E-state index contributed by atoms with van der Waals surface area (Å²) in [5.74, 6) is 0. The molecule has 1 aromatic heterocycles. The fraction of sp³-hybridized carbons (Fsp3) is 0.143. The van der Waals surface area contributed by atoms with Gasteiger partial charge in [0.25, 0.3) is 0 Å². The fourth-order valence-corrected chi connectivity index (χ4v) is 1.96. The van der Waals surface area contributed by atoms with Crippen molar-refractivity contribution in [2.45, 2.75) is 6.54 Å². The van der Waals surface area contributed by atoms with E-state index in [0.717, 1.165) is 17.9 Å². The SMILES string of the molecule is Cn1nncc1CNc1ccc2ccccc2c1. The average Bonchev–Trinajstić information content (AvgIpc) is 2.82. The molecule has 0 bridgehead atoms. The maximum atomic E-state index is 3.91. The highest BCUT2D eigenvalue weighted by Crippen LogP contribution is 2.19. The van der Waals surface area contributed by atoms with Crippen molar-refractivity contribution in [3.05, 3.63) is 54.4 Å². The van der Waals surface area contributed by atoms with Gasteiger partial charge in [-0.05, 0) is 22.9 Å². The van der Waals surface area contributed by atoms with Gasteiger partial charge in [0.05, 0.1) is 18.4 Å². The van der Waals surface area contributed by atoms with Gasteiger partial charge in [-0.2, -0.15) is 0 Å². The minimum Gasteiger partial charge on any atom is -0.379 e. The number of benzene rings is 2.